The van der Waals surface area contributed by atoms with E-state index >= 15 is 0 Å². The van der Waals surface area contributed by atoms with Crippen LogP contribution in [-0.2, 0) is 6.54 Å². The van der Waals surface area contributed by atoms with E-state index < -0.39 is 0 Å². The average Bonchev–Trinajstić information content (AvgIpc) is 2.40. The Balaban J connectivity index is 0.00000162. The largest absolute Gasteiger partial charge is 0.497 e. The summed E-state index contributed by atoms with van der Waals surface area (Å²) in [6.45, 7) is 5.21. The molecule has 0 bridgehead atoms. The molecule has 2 rings (SSSR count). The lowest BCUT2D eigenvalue weighted by Gasteiger charge is -2.27. The Morgan fingerprint density at radius 1 is 1.17 bits per heavy atom. The van der Waals surface area contributed by atoms with Crippen LogP contribution in [0, 0.1) is 0 Å². The summed E-state index contributed by atoms with van der Waals surface area (Å²) in [6.07, 6.45) is 0. The second-order valence-corrected chi connectivity index (χ2v) is 4.20. The van der Waals surface area contributed by atoms with Gasteiger partial charge in [-0.25, -0.2) is 0 Å². The highest BCUT2D eigenvalue weighted by Gasteiger charge is 2.13. The molecule has 0 aromatic heterocycles. The number of benzene rings is 1. The van der Waals surface area contributed by atoms with Crippen molar-refractivity contribution < 1.29 is 9.47 Å². The first-order chi connectivity index (χ1) is 8.33. The molecule has 0 amide bonds. The molecular formula is C13H21ClN2O2. The fraction of sp³-hybridized carbons (Fsp3) is 0.538. The van der Waals surface area contributed by atoms with Crippen LogP contribution >= 0.6 is 12.4 Å². The molecule has 1 heterocycles. The highest BCUT2D eigenvalue weighted by Crippen LogP contribution is 2.25. The number of hydrogen-bond acceptors (Lipinski definition) is 4. The van der Waals surface area contributed by atoms with Crippen molar-refractivity contribution >= 4 is 12.4 Å². The van der Waals surface area contributed by atoms with Crippen molar-refractivity contribution in [3.05, 3.63) is 23.8 Å². The summed E-state index contributed by atoms with van der Waals surface area (Å²) >= 11 is 0. The monoisotopic (exact) mass is 272 g/mol. The SMILES string of the molecule is COc1ccc(OC)c(CN2CCNCC2)c1.Cl. The zero-order chi connectivity index (χ0) is 12.1. The molecule has 5 heteroatoms. The van der Waals surface area contributed by atoms with Crippen LogP contribution in [0.1, 0.15) is 5.56 Å². The summed E-state index contributed by atoms with van der Waals surface area (Å²) in [4.78, 5) is 2.42. The van der Waals surface area contributed by atoms with E-state index in [4.69, 9.17) is 9.47 Å². The standard InChI is InChI=1S/C13H20N2O2.ClH/c1-16-12-3-4-13(17-2)11(9-12)10-15-7-5-14-6-8-15;/h3-4,9,14H,5-8,10H2,1-2H3;1H. The van der Waals surface area contributed by atoms with Gasteiger partial charge >= 0.3 is 0 Å². The fourth-order valence-corrected chi connectivity index (χ4v) is 2.12. The van der Waals surface area contributed by atoms with Crippen LogP contribution in [0.4, 0.5) is 0 Å². The molecule has 0 radical (unpaired) electrons. The molecule has 1 aliphatic rings. The fourth-order valence-electron chi connectivity index (χ4n) is 2.12. The summed E-state index contributed by atoms with van der Waals surface area (Å²) in [5.74, 6) is 1.82. The van der Waals surface area contributed by atoms with Gasteiger partial charge in [0.1, 0.15) is 11.5 Å². The van der Waals surface area contributed by atoms with Gasteiger partial charge in [0.25, 0.3) is 0 Å². The maximum Gasteiger partial charge on any atom is 0.123 e. The van der Waals surface area contributed by atoms with Gasteiger partial charge < -0.3 is 14.8 Å². The van der Waals surface area contributed by atoms with Crippen molar-refractivity contribution in [1.29, 1.82) is 0 Å². The minimum atomic E-state index is 0. The summed E-state index contributed by atoms with van der Waals surface area (Å²) < 4.78 is 10.6. The molecule has 102 valence electrons. The maximum absolute atomic E-state index is 5.39. The first-order valence-corrected chi connectivity index (χ1v) is 5.97. The Labute approximate surface area is 115 Å². The Hall–Kier alpha value is -0.970. The highest BCUT2D eigenvalue weighted by molar-refractivity contribution is 5.85. The maximum atomic E-state index is 5.39. The van der Waals surface area contributed by atoms with Gasteiger partial charge in [-0.3, -0.25) is 4.90 Å². The molecule has 0 atom stereocenters. The van der Waals surface area contributed by atoms with Gasteiger partial charge in [-0.2, -0.15) is 0 Å². The molecule has 18 heavy (non-hydrogen) atoms. The minimum absolute atomic E-state index is 0. The van der Waals surface area contributed by atoms with Crippen LogP contribution in [-0.4, -0.2) is 45.3 Å². The molecule has 0 unspecified atom stereocenters. The first kappa shape index (κ1) is 15.1. The van der Waals surface area contributed by atoms with Crippen molar-refractivity contribution in [2.75, 3.05) is 40.4 Å². The lowest BCUT2D eigenvalue weighted by molar-refractivity contribution is 0.230. The normalized spacial score (nSPS) is 15.9. The quantitative estimate of drug-likeness (QED) is 0.901. The Kier molecular flexibility index (Phi) is 6.25. The second-order valence-electron chi connectivity index (χ2n) is 4.20. The second kappa shape index (κ2) is 7.46. The molecule has 1 aromatic carbocycles. The third-order valence-corrected chi connectivity index (χ3v) is 3.09. The van der Waals surface area contributed by atoms with Crippen LogP contribution in [0.15, 0.2) is 18.2 Å². The summed E-state index contributed by atoms with van der Waals surface area (Å²) in [7, 11) is 3.40. The van der Waals surface area contributed by atoms with Crippen LogP contribution in [0.5, 0.6) is 11.5 Å². The zero-order valence-corrected chi connectivity index (χ0v) is 11.8. The molecule has 1 aliphatic heterocycles. The number of hydrogen-bond donors (Lipinski definition) is 1. The van der Waals surface area contributed by atoms with Gasteiger partial charge in [-0.05, 0) is 18.2 Å². The third-order valence-electron chi connectivity index (χ3n) is 3.09. The van der Waals surface area contributed by atoms with E-state index in [0.29, 0.717) is 0 Å². The van der Waals surface area contributed by atoms with Crippen molar-refractivity contribution in [1.82, 2.24) is 10.2 Å². The van der Waals surface area contributed by atoms with Gasteiger partial charge in [0, 0.05) is 38.3 Å². The predicted octanol–water partition coefficient (Wildman–Crippen LogP) is 1.53. The van der Waals surface area contributed by atoms with Crippen molar-refractivity contribution in [2.24, 2.45) is 0 Å². The number of methoxy groups -OCH3 is 2. The van der Waals surface area contributed by atoms with Gasteiger partial charge in [0.05, 0.1) is 14.2 Å². The molecular weight excluding hydrogens is 252 g/mol. The molecule has 4 nitrogen and oxygen atoms in total. The Morgan fingerprint density at radius 3 is 2.50 bits per heavy atom. The zero-order valence-electron chi connectivity index (χ0n) is 10.9. The molecule has 1 N–H and O–H groups in total. The third kappa shape index (κ3) is 3.77. The van der Waals surface area contributed by atoms with E-state index in [0.717, 1.165) is 44.2 Å². The predicted molar refractivity (Wildman–Crippen MR) is 74.9 cm³/mol. The number of nitrogens with one attached hydrogen (secondary N) is 1. The molecule has 1 fully saturated rings. The lowest BCUT2D eigenvalue weighted by atomic mass is 10.1. The molecule has 0 saturated carbocycles. The number of piperazine rings is 1. The van der Waals surface area contributed by atoms with Crippen molar-refractivity contribution in [3.8, 4) is 11.5 Å². The van der Waals surface area contributed by atoms with Crippen LogP contribution in [0.25, 0.3) is 0 Å². The van der Waals surface area contributed by atoms with Crippen LogP contribution < -0.4 is 14.8 Å². The van der Waals surface area contributed by atoms with E-state index in [2.05, 4.69) is 16.3 Å². The molecule has 1 saturated heterocycles. The van der Waals surface area contributed by atoms with Gasteiger partial charge in [0.15, 0.2) is 0 Å². The topological polar surface area (TPSA) is 33.7 Å². The van der Waals surface area contributed by atoms with E-state index in [9.17, 15) is 0 Å². The minimum Gasteiger partial charge on any atom is -0.497 e. The number of nitrogens with zero attached hydrogens (tertiary/aromatic N) is 1. The van der Waals surface area contributed by atoms with Gasteiger partial charge in [-0.15, -0.1) is 12.4 Å². The van der Waals surface area contributed by atoms with Crippen molar-refractivity contribution in [3.63, 3.8) is 0 Å². The molecule has 0 spiro atoms. The number of ether oxygens (including phenoxy) is 2. The van der Waals surface area contributed by atoms with Crippen LogP contribution in [0.3, 0.4) is 0 Å². The number of rotatable bonds is 4. The van der Waals surface area contributed by atoms with E-state index in [1.807, 2.05) is 12.1 Å². The number of halogens is 1. The van der Waals surface area contributed by atoms with E-state index in [1.165, 1.54) is 5.56 Å². The molecule has 1 aromatic rings. The Morgan fingerprint density at radius 2 is 1.89 bits per heavy atom. The average molecular weight is 273 g/mol. The van der Waals surface area contributed by atoms with E-state index in [1.54, 1.807) is 14.2 Å². The highest BCUT2D eigenvalue weighted by atomic mass is 35.5. The van der Waals surface area contributed by atoms with Gasteiger partial charge in [0.2, 0.25) is 0 Å². The molecule has 0 aliphatic carbocycles. The Bertz CT molecular complexity index is 368. The summed E-state index contributed by atoms with van der Waals surface area (Å²) in [5.41, 5.74) is 1.19. The van der Waals surface area contributed by atoms with Crippen molar-refractivity contribution in [2.45, 2.75) is 6.54 Å². The lowest BCUT2D eigenvalue weighted by Crippen LogP contribution is -2.42. The van der Waals surface area contributed by atoms with Crippen LogP contribution in [0.2, 0.25) is 0 Å². The smallest absolute Gasteiger partial charge is 0.123 e. The van der Waals surface area contributed by atoms with E-state index in [-0.39, 0.29) is 12.4 Å². The van der Waals surface area contributed by atoms with Gasteiger partial charge in [-0.1, -0.05) is 0 Å². The summed E-state index contributed by atoms with van der Waals surface area (Å²) in [6, 6.07) is 5.96. The summed E-state index contributed by atoms with van der Waals surface area (Å²) in [5, 5.41) is 3.35. The first-order valence-electron chi connectivity index (χ1n) is 5.97.